The van der Waals surface area contributed by atoms with E-state index < -0.39 is 10.0 Å². The predicted octanol–water partition coefficient (Wildman–Crippen LogP) is 2.65. The Morgan fingerprint density at radius 1 is 1.53 bits per heavy atom. The van der Waals surface area contributed by atoms with Crippen LogP contribution in [0.15, 0.2) is 14.7 Å². The minimum Gasteiger partial charge on any atom is -0.315 e. The molecule has 0 spiro atoms. The summed E-state index contributed by atoms with van der Waals surface area (Å²) in [4.78, 5) is 1.43. The van der Waals surface area contributed by atoms with Crippen molar-refractivity contribution in [2.24, 2.45) is 5.92 Å². The summed E-state index contributed by atoms with van der Waals surface area (Å²) < 4.78 is 27.8. The molecule has 2 heterocycles. The number of nitrogens with one attached hydrogen (secondary N) is 1. The number of rotatable bonds is 4. The first-order valence-corrected chi connectivity index (χ1v) is 9.36. The number of nitrogens with zero attached hydrogens (tertiary/aromatic N) is 1. The monoisotopic (exact) mass is 366 g/mol. The van der Waals surface area contributed by atoms with Crippen molar-refractivity contribution in [1.82, 2.24) is 9.62 Å². The molecule has 7 heteroatoms. The molecule has 1 N–H and O–H groups in total. The zero-order valence-corrected chi connectivity index (χ0v) is 14.5. The van der Waals surface area contributed by atoms with Gasteiger partial charge in [0.1, 0.15) is 4.90 Å². The molecular formula is C12H19BrN2O2S2. The molecule has 0 aliphatic carbocycles. The Morgan fingerprint density at radius 2 is 2.21 bits per heavy atom. The molecule has 1 saturated heterocycles. The first-order valence-electron chi connectivity index (χ1n) is 6.31. The highest BCUT2D eigenvalue weighted by Gasteiger charge is 2.37. The smallest absolute Gasteiger partial charge is 0.245 e. The Balaban J connectivity index is 2.34. The van der Waals surface area contributed by atoms with E-state index >= 15 is 0 Å². The second-order valence-corrected chi connectivity index (χ2v) is 9.46. The van der Waals surface area contributed by atoms with Gasteiger partial charge in [0.2, 0.25) is 10.0 Å². The molecule has 0 radical (unpaired) electrons. The average Bonchev–Trinajstić information content (AvgIpc) is 2.83. The van der Waals surface area contributed by atoms with Crippen molar-refractivity contribution in [3.63, 3.8) is 0 Å². The van der Waals surface area contributed by atoms with Crippen LogP contribution in [0.4, 0.5) is 0 Å². The maximum atomic E-state index is 12.7. The highest BCUT2D eigenvalue weighted by molar-refractivity contribution is 9.11. The summed E-state index contributed by atoms with van der Waals surface area (Å²) in [6, 6.07) is 1.86. The van der Waals surface area contributed by atoms with Gasteiger partial charge in [0.25, 0.3) is 0 Å². The molecule has 19 heavy (non-hydrogen) atoms. The third kappa shape index (κ3) is 3.05. The maximum Gasteiger partial charge on any atom is 0.245 e. The van der Waals surface area contributed by atoms with Crippen molar-refractivity contribution < 1.29 is 8.42 Å². The van der Waals surface area contributed by atoms with E-state index in [1.165, 1.54) is 11.3 Å². The number of hydrogen-bond donors (Lipinski definition) is 1. The summed E-state index contributed by atoms with van der Waals surface area (Å²) in [5, 5.41) is 3.04. The molecular weight excluding hydrogens is 348 g/mol. The fourth-order valence-corrected chi connectivity index (χ4v) is 6.97. The highest BCUT2D eigenvalue weighted by atomic mass is 79.9. The van der Waals surface area contributed by atoms with Crippen LogP contribution in [0, 0.1) is 5.92 Å². The quantitative estimate of drug-likeness (QED) is 0.890. The van der Waals surface area contributed by atoms with Gasteiger partial charge in [0.05, 0.1) is 3.79 Å². The Labute approximate surface area is 127 Å². The van der Waals surface area contributed by atoms with Crippen LogP contribution < -0.4 is 5.32 Å². The molecule has 0 bridgehead atoms. The van der Waals surface area contributed by atoms with Crippen LogP contribution in [0.2, 0.25) is 0 Å². The molecule has 2 rings (SSSR count). The molecule has 1 aromatic heterocycles. The topological polar surface area (TPSA) is 49.4 Å². The van der Waals surface area contributed by atoms with Gasteiger partial charge in [0, 0.05) is 24.0 Å². The molecule has 2 atom stereocenters. The van der Waals surface area contributed by atoms with E-state index in [0.717, 1.165) is 11.3 Å². The molecule has 1 aromatic rings. The summed E-state index contributed by atoms with van der Waals surface area (Å²) in [6.07, 6.45) is 0.935. The van der Waals surface area contributed by atoms with Crippen molar-refractivity contribution in [3.8, 4) is 0 Å². The minimum atomic E-state index is -3.38. The van der Waals surface area contributed by atoms with E-state index in [9.17, 15) is 8.42 Å². The van der Waals surface area contributed by atoms with Crippen molar-refractivity contribution in [3.05, 3.63) is 14.7 Å². The minimum absolute atomic E-state index is 0.0829. The number of hydrogen-bond acceptors (Lipinski definition) is 4. The van der Waals surface area contributed by atoms with Gasteiger partial charge in [-0.15, -0.1) is 11.3 Å². The summed E-state index contributed by atoms with van der Waals surface area (Å²) in [5.74, 6) is 0.430. The molecule has 0 aromatic carbocycles. The van der Waals surface area contributed by atoms with E-state index in [-0.39, 0.29) is 6.04 Å². The van der Waals surface area contributed by atoms with Crippen molar-refractivity contribution in [2.75, 3.05) is 13.6 Å². The SMILES string of the molecule is CNCc1cc(S(=O)(=O)N2CC(C)CC2C)c(Br)s1. The molecule has 108 valence electrons. The Hall–Kier alpha value is 0.0500. The van der Waals surface area contributed by atoms with Gasteiger partial charge in [-0.1, -0.05) is 6.92 Å². The van der Waals surface area contributed by atoms with Gasteiger partial charge in [-0.2, -0.15) is 4.31 Å². The Kier molecular flexibility index (Phi) is 4.72. The van der Waals surface area contributed by atoms with Gasteiger partial charge < -0.3 is 5.32 Å². The molecule has 2 unspecified atom stereocenters. The fourth-order valence-electron chi connectivity index (χ4n) is 2.56. The largest absolute Gasteiger partial charge is 0.315 e. The lowest BCUT2D eigenvalue weighted by molar-refractivity contribution is 0.405. The maximum absolute atomic E-state index is 12.7. The molecule has 1 fully saturated rings. The van der Waals surface area contributed by atoms with Crippen LogP contribution in [0.3, 0.4) is 0 Å². The summed E-state index contributed by atoms with van der Waals surface area (Å²) in [6.45, 7) is 5.38. The van der Waals surface area contributed by atoms with Crippen molar-refractivity contribution >= 4 is 37.3 Å². The normalized spacial score (nSPS) is 25.1. The van der Waals surface area contributed by atoms with Crippen LogP contribution in [0.25, 0.3) is 0 Å². The highest BCUT2D eigenvalue weighted by Crippen LogP contribution is 2.36. The lowest BCUT2D eigenvalue weighted by Crippen LogP contribution is -2.33. The molecule has 0 amide bonds. The summed E-state index contributed by atoms with van der Waals surface area (Å²) >= 11 is 4.86. The van der Waals surface area contributed by atoms with Crippen LogP contribution >= 0.6 is 27.3 Å². The third-order valence-electron chi connectivity index (χ3n) is 3.37. The molecule has 0 saturated carbocycles. The van der Waals surface area contributed by atoms with Crippen LogP contribution in [-0.2, 0) is 16.6 Å². The first kappa shape index (κ1) is 15.4. The van der Waals surface area contributed by atoms with Crippen molar-refractivity contribution in [1.29, 1.82) is 0 Å². The van der Waals surface area contributed by atoms with Crippen molar-refractivity contribution in [2.45, 2.75) is 37.8 Å². The van der Waals surface area contributed by atoms with Crippen LogP contribution in [-0.4, -0.2) is 32.4 Å². The van der Waals surface area contributed by atoms with E-state index in [0.29, 0.717) is 27.7 Å². The number of sulfonamides is 1. The summed E-state index contributed by atoms with van der Waals surface area (Å²) in [7, 11) is -1.53. The van der Waals surface area contributed by atoms with Gasteiger partial charge in [-0.25, -0.2) is 8.42 Å². The number of halogens is 1. The lowest BCUT2D eigenvalue weighted by Gasteiger charge is -2.20. The van der Waals surface area contributed by atoms with Gasteiger partial charge in [0.15, 0.2) is 0 Å². The predicted molar refractivity (Wildman–Crippen MR) is 81.9 cm³/mol. The van der Waals surface area contributed by atoms with Gasteiger partial charge >= 0.3 is 0 Å². The van der Waals surface area contributed by atoms with E-state index in [2.05, 4.69) is 28.2 Å². The van der Waals surface area contributed by atoms with Gasteiger partial charge in [-0.3, -0.25) is 0 Å². The Bertz CT molecular complexity index is 556. The fraction of sp³-hybridized carbons (Fsp3) is 0.667. The second kappa shape index (κ2) is 5.81. The number of thiophene rings is 1. The van der Waals surface area contributed by atoms with E-state index in [1.54, 1.807) is 10.4 Å². The third-order valence-corrected chi connectivity index (χ3v) is 7.60. The van der Waals surface area contributed by atoms with Crippen LogP contribution in [0.1, 0.15) is 25.1 Å². The van der Waals surface area contributed by atoms with E-state index in [1.807, 2.05) is 14.0 Å². The van der Waals surface area contributed by atoms with E-state index in [4.69, 9.17) is 0 Å². The zero-order chi connectivity index (χ0) is 14.2. The Morgan fingerprint density at radius 3 is 2.74 bits per heavy atom. The summed E-state index contributed by atoms with van der Waals surface area (Å²) in [5.41, 5.74) is 0. The van der Waals surface area contributed by atoms with Gasteiger partial charge in [-0.05, 0) is 48.3 Å². The lowest BCUT2D eigenvalue weighted by atomic mass is 10.1. The average molecular weight is 367 g/mol. The first-order chi connectivity index (χ1) is 8.86. The molecule has 4 nitrogen and oxygen atoms in total. The van der Waals surface area contributed by atoms with Crippen LogP contribution in [0.5, 0.6) is 0 Å². The zero-order valence-electron chi connectivity index (χ0n) is 11.3. The standard InChI is InChI=1S/C12H19BrN2O2S2/c1-8-4-9(2)15(7-8)19(16,17)11-5-10(6-14-3)18-12(11)13/h5,8-9,14H,4,6-7H2,1-3H3. The molecule has 1 aliphatic heterocycles. The second-order valence-electron chi connectivity index (χ2n) is 5.15. The molecule has 1 aliphatic rings.